The average molecular weight is 351 g/mol. The molecule has 2 aromatic rings. The Labute approximate surface area is 144 Å². The van der Waals surface area contributed by atoms with Crippen LogP contribution in [0.1, 0.15) is 25.5 Å². The summed E-state index contributed by atoms with van der Waals surface area (Å²) in [7, 11) is 0. The SMILES string of the molecule is C[C@H]([NH2+][C@@H](C)c1ccccc1)C(=O)Nc1ccc(SC(F)F)cc1. The zero-order chi connectivity index (χ0) is 17.5. The number of anilines is 1. The average Bonchev–Trinajstić information content (AvgIpc) is 2.56. The van der Waals surface area contributed by atoms with Gasteiger partial charge in [0.05, 0.1) is 0 Å². The van der Waals surface area contributed by atoms with Gasteiger partial charge >= 0.3 is 0 Å². The van der Waals surface area contributed by atoms with Crippen molar-refractivity contribution in [2.45, 2.75) is 36.6 Å². The second kappa shape index (κ2) is 8.80. The third-order valence-corrected chi connectivity index (χ3v) is 4.39. The first kappa shape index (κ1) is 18.4. The molecule has 0 saturated carbocycles. The summed E-state index contributed by atoms with van der Waals surface area (Å²) in [5.74, 6) is -2.56. The molecule has 2 rings (SSSR count). The largest absolute Gasteiger partial charge is 0.330 e. The van der Waals surface area contributed by atoms with Gasteiger partial charge in [-0.25, -0.2) is 0 Å². The predicted octanol–water partition coefficient (Wildman–Crippen LogP) is 3.65. The van der Waals surface area contributed by atoms with E-state index >= 15 is 0 Å². The van der Waals surface area contributed by atoms with Gasteiger partial charge in [0.25, 0.3) is 11.7 Å². The number of carbonyl (C=O) groups excluding carboxylic acids is 1. The summed E-state index contributed by atoms with van der Waals surface area (Å²) in [5.41, 5.74) is 1.76. The van der Waals surface area contributed by atoms with Gasteiger partial charge in [-0.15, -0.1) is 0 Å². The van der Waals surface area contributed by atoms with Gasteiger partial charge in [0.2, 0.25) is 0 Å². The molecule has 0 aliphatic rings. The van der Waals surface area contributed by atoms with Gasteiger partial charge in [-0.2, -0.15) is 8.78 Å². The highest BCUT2D eigenvalue weighted by atomic mass is 32.2. The minimum absolute atomic E-state index is 0.118. The van der Waals surface area contributed by atoms with Crippen molar-refractivity contribution in [3.8, 4) is 0 Å². The van der Waals surface area contributed by atoms with Crippen LogP contribution in [0.4, 0.5) is 14.5 Å². The molecule has 128 valence electrons. The first-order valence-corrected chi connectivity index (χ1v) is 8.59. The summed E-state index contributed by atoms with van der Waals surface area (Å²) in [5, 5.41) is 4.80. The van der Waals surface area contributed by atoms with E-state index < -0.39 is 5.76 Å². The van der Waals surface area contributed by atoms with E-state index in [0.29, 0.717) is 22.3 Å². The van der Waals surface area contributed by atoms with E-state index in [0.717, 1.165) is 5.56 Å². The van der Waals surface area contributed by atoms with Gasteiger partial charge in [0.1, 0.15) is 6.04 Å². The van der Waals surface area contributed by atoms with E-state index in [9.17, 15) is 13.6 Å². The zero-order valence-electron chi connectivity index (χ0n) is 13.6. The van der Waals surface area contributed by atoms with Crippen LogP contribution in [-0.2, 0) is 4.79 Å². The van der Waals surface area contributed by atoms with Crippen molar-refractivity contribution >= 4 is 23.4 Å². The number of rotatable bonds is 7. The maximum atomic E-state index is 12.3. The van der Waals surface area contributed by atoms with Crippen LogP contribution >= 0.6 is 11.8 Å². The quantitative estimate of drug-likeness (QED) is 0.748. The van der Waals surface area contributed by atoms with Gasteiger partial charge in [-0.05, 0) is 38.1 Å². The topological polar surface area (TPSA) is 45.7 Å². The second-order valence-electron chi connectivity index (χ2n) is 5.57. The lowest BCUT2D eigenvalue weighted by Crippen LogP contribution is -2.91. The van der Waals surface area contributed by atoms with E-state index in [-0.39, 0.29) is 18.0 Å². The normalized spacial score (nSPS) is 13.5. The molecule has 0 aliphatic heterocycles. The number of alkyl halides is 2. The molecule has 3 nitrogen and oxygen atoms in total. The monoisotopic (exact) mass is 351 g/mol. The van der Waals surface area contributed by atoms with Gasteiger partial charge in [0, 0.05) is 16.1 Å². The molecule has 6 heteroatoms. The lowest BCUT2D eigenvalue weighted by molar-refractivity contribution is -0.709. The Morgan fingerprint density at radius 1 is 1.04 bits per heavy atom. The summed E-state index contributed by atoms with van der Waals surface area (Å²) in [4.78, 5) is 12.7. The number of amides is 1. The Bertz CT molecular complexity index is 650. The van der Waals surface area contributed by atoms with E-state index in [1.54, 1.807) is 24.3 Å². The standard InChI is InChI=1S/C18H20F2N2OS/c1-12(14-6-4-3-5-7-14)21-13(2)17(23)22-15-8-10-16(11-9-15)24-18(19)20/h3-13,18,21H,1-2H3,(H,22,23)/p+1/t12-,13-/m0/s1. The predicted molar refractivity (Wildman–Crippen MR) is 93.2 cm³/mol. The number of benzene rings is 2. The van der Waals surface area contributed by atoms with Gasteiger partial charge in [-0.3, -0.25) is 4.79 Å². The minimum Gasteiger partial charge on any atom is -0.330 e. The van der Waals surface area contributed by atoms with Crippen LogP contribution in [0.25, 0.3) is 0 Å². The van der Waals surface area contributed by atoms with E-state index in [4.69, 9.17) is 0 Å². The van der Waals surface area contributed by atoms with Crippen LogP contribution < -0.4 is 10.6 Å². The Morgan fingerprint density at radius 2 is 1.67 bits per heavy atom. The number of nitrogens with two attached hydrogens (primary N) is 1. The molecule has 1 amide bonds. The number of hydrogen-bond donors (Lipinski definition) is 2. The van der Waals surface area contributed by atoms with E-state index in [1.807, 2.05) is 42.6 Å². The molecule has 0 aromatic heterocycles. The molecule has 2 atom stereocenters. The third kappa shape index (κ3) is 5.62. The molecule has 0 fully saturated rings. The smallest absolute Gasteiger partial charge is 0.288 e. The number of quaternary nitrogens is 1. The molecule has 0 spiro atoms. The van der Waals surface area contributed by atoms with Crippen molar-refractivity contribution < 1.29 is 18.9 Å². The fourth-order valence-electron chi connectivity index (χ4n) is 2.36. The molecular formula is C18H21F2N2OS+. The van der Waals surface area contributed by atoms with E-state index in [1.165, 1.54) is 0 Å². The van der Waals surface area contributed by atoms with Crippen molar-refractivity contribution in [2.24, 2.45) is 0 Å². The molecule has 3 N–H and O–H groups in total. The van der Waals surface area contributed by atoms with Gasteiger partial charge < -0.3 is 10.6 Å². The maximum Gasteiger partial charge on any atom is 0.288 e. The lowest BCUT2D eigenvalue weighted by Gasteiger charge is -2.17. The van der Waals surface area contributed by atoms with Crippen molar-refractivity contribution in [2.75, 3.05) is 5.32 Å². The van der Waals surface area contributed by atoms with Crippen molar-refractivity contribution in [1.82, 2.24) is 0 Å². The molecular weight excluding hydrogens is 330 g/mol. The lowest BCUT2D eigenvalue weighted by atomic mass is 10.1. The highest BCUT2D eigenvalue weighted by molar-refractivity contribution is 7.99. The highest BCUT2D eigenvalue weighted by Crippen LogP contribution is 2.26. The Morgan fingerprint density at radius 3 is 2.25 bits per heavy atom. The Kier molecular flexibility index (Phi) is 6.75. The Hall–Kier alpha value is -1.92. The van der Waals surface area contributed by atoms with Crippen LogP contribution in [0.3, 0.4) is 0 Å². The summed E-state index contributed by atoms with van der Waals surface area (Å²) in [6, 6.07) is 16.3. The second-order valence-corrected chi connectivity index (χ2v) is 6.64. The molecule has 0 unspecified atom stereocenters. The molecule has 0 saturated heterocycles. The molecule has 0 radical (unpaired) electrons. The van der Waals surface area contributed by atoms with Crippen LogP contribution in [0, 0.1) is 0 Å². The van der Waals surface area contributed by atoms with E-state index in [2.05, 4.69) is 12.2 Å². The zero-order valence-corrected chi connectivity index (χ0v) is 14.4. The first-order valence-electron chi connectivity index (χ1n) is 7.71. The van der Waals surface area contributed by atoms with Gasteiger partial charge in [0.15, 0.2) is 6.04 Å². The van der Waals surface area contributed by atoms with Crippen molar-refractivity contribution in [3.63, 3.8) is 0 Å². The molecule has 0 heterocycles. The molecule has 0 bridgehead atoms. The number of halogens is 2. The number of nitrogens with one attached hydrogen (secondary N) is 1. The van der Waals surface area contributed by atoms with Crippen molar-refractivity contribution in [3.05, 3.63) is 60.2 Å². The van der Waals surface area contributed by atoms with Crippen LogP contribution in [-0.4, -0.2) is 17.7 Å². The number of thioether (sulfide) groups is 1. The number of carbonyl (C=O) groups is 1. The summed E-state index contributed by atoms with van der Waals surface area (Å²) in [6.45, 7) is 3.89. The number of hydrogen-bond acceptors (Lipinski definition) is 2. The summed E-state index contributed by atoms with van der Waals surface area (Å²) in [6.07, 6.45) is 0. The van der Waals surface area contributed by atoms with Crippen LogP contribution in [0.15, 0.2) is 59.5 Å². The van der Waals surface area contributed by atoms with Crippen LogP contribution in [0.5, 0.6) is 0 Å². The molecule has 24 heavy (non-hydrogen) atoms. The van der Waals surface area contributed by atoms with Crippen LogP contribution in [0.2, 0.25) is 0 Å². The molecule has 2 aromatic carbocycles. The fourth-order valence-corrected chi connectivity index (χ4v) is 2.86. The third-order valence-electron chi connectivity index (χ3n) is 3.66. The minimum atomic E-state index is -2.44. The summed E-state index contributed by atoms with van der Waals surface area (Å²) < 4.78 is 24.6. The first-order chi connectivity index (χ1) is 11.5. The maximum absolute atomic E-state index is 12.3. The molecule has 0 aliphatic carbocycles. The van der Waals surface area contributed by atoms with Gasteiger partial charge in [-0.1, -0.05) is 42.1 Å². The Balaban J connectivity index is 1.89. The highest BCUT2D eigenvalue weighted by Gasteiger charge is 2.20. The summed E-state index contributed by atoms with van der Waals surface area (Å²) >= 11 is 0.486. The van der Waals surface area contributed by atoms with Crippen molar-refractivity contribution in [1.29, 1.82) is 0 Å². The fraction of sp³-hybridized carbons (Fsp3) is 0.278.